The summed E-state index contributed by atoms with van der Waals surface area (Å²) in [6.45, 7) is 1.81. The SMILES string of the molecule is Cc1c(C(=O)NNC(=O)CCSc2ccccc2Cl)oc2ccccc12. The van der Waals surface area contributed by atoms with Gasteiger partial charge < -0.3 is 4.42 Å². The van der Waals surface area contributed by atoms with Crippen LogP contribution in [-0.2, 0) is 4.79 Å². The number of nitrogens with one attached hydrogen (secondary N) is 2. The number of furan rings is 1. The third-order valence-electron chi connectivity index (χ3n) is 3.79. The van der Waals surface area contributed by atoms with E-state index in [1.807, 2.05) is 43.3 Å². The molecule has 7 heteroatoms. The standard InChI is InChI=1S/C19H17ClN2O3S/c1-12-13-6-2-4-8-15(13)25-18(12)19(24)22-21-17(23)10-11-26-16-9-5-3-7-14(16)20/h2-9H,10-11H2,1H3,(H,21,23)(H,22,24). The maximum absolute atomic E-state index is 12.2. The minimum Gasteiger partial charge on any atom is -0.451 e. The molecule has 0 unspecified atom stereocenters. The third kappa shape index (κ3) is 4.20. The van der Waals surface area contributed by atoms with Gasteiger partial charge in [-0.1, -0.05) is 41.9 Å². The highest BCUT2D eigenvalue weighted by molar-refractivity contribution is 7.99. The fourth-order valence-electron chi connectivity index (χ4n) is 2.45. The van der Waals surface area contributed by atoms with E-state index in [9.17, 15) is 9.59 Å². The van der Waals surface area contributed by atoms with Gasteiger partial charge in [0.2, 0.25) is 5.91 Å². The predicted octanol–water partition coefficient (Wildman–Crippen LogP) is 4.34. The molecule has 2 amide bonds. The van der Waals surface area contributed by atoms with Gasteiger partial charge in [0.15, 0.2) is 5.76 Å². The molecule has 0 bridgehead atoms. The van der Waals surface area contributed by atoms with Crippen LogP contribution in [0, 0.1) is 6.92 Å². The number of hydrazine groups is 1. The van der Waals surface area contributed by atoms with Gasteiger partial charge in [-0.15, -0.1) is 11.8 Å². The summed E-state index contributed by atoms with van der Waals surface area (Å²) >= 11 is 7.56. The van der Waals surface area contributed by atoms with E-state index < -0.39 is 5.91 Å². The van der Waals surface area contributed by atoms with Gasteiger partial charge >= 0.3 is 5.91 Å². The molecule has 2 N–H and O–H groups in total. The third-order valence-corrected chi connectivity index (χ3v) is 5.31. The summed E-state index contributed by atoms with van der Waals surface area (Å²) in [5.74, 6) is -0.0239. The van der Waals surface area contributed by atoms with Crippen molar-refractivity contribution in [3.63, 3.8) is 0 Å². The highest BCUT2D eigenvalue weighted by atomic mass is 35.5. The lowest BCUT2D eigenvalue weighted by Crippen LogP contribution is -2.41. The summed E-state index contributed by atoms with van der Waals surface area (Å²) in [6, 6.07) is 14.9. The van der Waals surface area contributed by atoms with Crippen LogP contribution in [0.1, 0.15) is 22.5 Å². The van der Waals surface area contributed by atoms with Crippen molar-refractivity contribution in [2.24, 2.45) is 0 Å². The maximum Gasteiger partial charge on any atom is 0.305 e. The van der Waals surface area contributed by atoms with Gasteiger partial charge in [-0.05, 0) is 25.1 Å². The Kier molecular flexibility index (Phi) is 5.85. The molecule has 0 aliphatic heterocycles. The summed E-state index contributed by atoms with van der Waals surface area (Å²) in [5.41, 5.74) is 6.18. The van der Waals surface area contributed by atoms with Crippen molar-refractivity contribution in [3.8, 4) is 0 Å². The Labute approximate surface area is 160 Å². The van der Waals surface area contributed by atoms with Gasteiger partial charge in [0.25, 0.3) is 0 Å². The van der Waals surface area contributed by atoms with Crippen LogP contribution in [0.15, 0.2) is 57.8 Å². The second-order valence-corrected chi connectivity index (χ2v) is 7.13. The van der Waals surface area contributed by atoms with E-state index >= 15 is 0 Å². The topological polar surface area (TPSA) is 71.3 Å². The van der Waals surface area contributed by atoms with Gasteiger partial charge in [0, 0.05) is 28.0 Å². The van der Waals surface area contributed by atoms with E-state index in [-0.39, 0.29) is 18.1 Å². The molecule has 3 rings (SSSR count). The number of thioether (sulfide) groups is 1. The highest BCUT2D eigenvalue weighted by Crippen LogP contribution is 2.27. The van der Waals surface area contributed by atoms with Crippen LogP contribution in [0.3, 0.4) is 0 Å². The molecule has 0 radical (unpaired) electrons. The summed E-state index contributed by atoms with van der Waals surface area (Å²) in [7, 11) is 0. The monoisotopic (exact) mass is 388 g/mol. The van der Waals surface area contributed by atoms with Crippen molar-refractivity contribution >= 4 is 46.1 Å². The summed E-state index contributed by atoms with van der Waals surface area (Å²) < 4.78 is 5.56. The number of carbonyl (C=O) groups excluding carboxylic acids is 2. The minimum absolute atomic E-state index is 0.192. The second-order valence-electron chi connectivity index (χ2n) is 5.58. The molecule has 0 spiro atoms. The minimum atomic E-state index is -0.481. The lowest BCUT2D eigenvalue weighted by atomic mass is 10.1. The molecular weight excluding hydrogens is 372 g/mol. The Morgan fingerprint density at radius 2 is 1.81 bits per heavy atom. The first-order chi connectivity index (χ1) is 12.6. The zero-order valence-electron chi connectivity index (χ0n) is 14.0. The number of halogens is 1. The molecule has 2 aromatic carbocycles. The van der Waals surface area contributed by atoms with E-state index in [1.165, 1.54) is 11.8 Å². The zero-order chi connectivity index (χ0) is 18.5. The van der Waals surface area contributed by atoms with Gasteiger partial charge in [0.1, 0.15) is 5.58 Å². The van der Waals surface area contributed by atoms with Crippen LogP contribution in [-0.4, -0.2) is 17.6 Å². The number of para-hydroxylation sites is 1. The average molecular weight is 389 g/mol. The van der Waals surface area contributed by atoms with Crippen molar-refractivity contribution in [1.82, 2.24) is 10.9 Å². The second kappa shape index (κ2) is 8.29. The number of amides is 2. The highest BCUT2D eigenvalue weighted by Gasteiger charge is 2.17. The van der Waals surface area contributed by atoms with Crippen molar-refractivity contribution in [2.75, 3.05) is 5.75 Å². The smallest absolute Gasteiger partial charge is 0.305 e. The lowest BCUT2D eigenvalue weighted by Gasteiger charge is -2.07. The maximum atomic E-state index is 12.2. The molecule has 1 aromatic heterocycles. The predicted molar refractivity (Wildman–Crippen MR) is 103 cm³/mol. The Hall–Kier alpha value is -2.44. The molecule has 0 saturated carbocycles. The molecule has 134 valence electrons. The fourth-order valence-corrected chi connectivity index (χ4v) is 3.64. The van der Waals surface area contributed by atoms with Crippen LogP contribution in [0.4, 0.5) is 0 Å². The van der Waals surface area contributed by atoms with Crippen molar-refractivity contribution in [3.05, 3.63) is 64.9 Å². The molecular formula is C19H17ClN2O3S. The number of carbonyl (C=O) groups is 2. The molecule has 5 nitrogen and oxygen atoms in total. The van der Waals surface area contributed by atoms with Gasteiger partial charge in [0.05, 0.1) is 5.02 Å². The van der Waals surface area contributed by atoms with E-state index in [1.54, 1.807) is 12.1 Å². The summed E-state index contributed by atoms with van der Waals surface area (Å²) in [6.07, 6.45) is 0.245. The molecule has 0 aliphatic rings. The number of hydrogen-bond donors (Lipinski definition) is 2. The quantitative estimate of drug-likeness (QED) is 0.504. The summed E-state index contributed by atoms with van der Waals surface area (Å²) in [5, 5.41) is 1.53. The Morgan fingerprint density at radius 1 is 1.08 bits per heavy atom. The van der Waals surface area contributed by atoms with Crippen molar-refractivity contribution in [2.45, 2.75) is 18.2 Å². The molecule has 1 heterocycles. The van der Waals surface area contributed by atoms with E-state index in [0.29, 0.717) is 16.4 Å². The van der Waals surface area contributed by atoms with Gasteiger partial charge in [-0.25, -0.2) is 0 Å². The lowest BCUT2D eigenvalue weighted by molar-refractivity contribution is -0.121. The molecule has 3 aromatic rings. The number of fused-ring (bicyclic) bond motifs is 1. The average Bonchev–Trinajstić information content (AvgIpc) is 2.98. The van der Waals surface area contributed by atoms with Crippen LogP contribution in [0.25, 0.3) is 11.0 Å². The van der Waals surface area contributed by atoms with Crippen LogP contribution in [0.5, 0.6) is 0 Å². The number of benzene rings is 2. The Bertz CT molecular complexity index is 955. The van der Waals surface area contributed by atoms with E-state index in [0.717, 1.165) is 15.8 Å². The Morgan fingerprint density at radius 3 is 2.58 bits per heavy atom. The molecule has 0 aliphatic carbocycles. The molecule has 26 heavy (non-hydrogen) atoms. The van der Waals surface area contributed by atoms with Crippen LogP contribution < -0.4 is 10.9 Å². The van der Waals surface area contributed by atoms with E-state index in [2.05, 4.69) is 10.9 Å². The first-order valence-electron chi connectivity index (χ1n) is 8.01. The largest absolute Gasteiger partial charge is 0.451 e. The summed E-state index contributed by atoms with van der Waals surface area (Å²) in [4.78, 5) is 25.1. The number of rotatable bonds is 5. The van der Waals surface area contributed by atoms with E-state index in [4.69, 9.17) is 16.0 Å². The Balaban J connectivity index is 1.50. The van der Waals surface area contributed by atoms with Gasteiger partial charge in [-0.3, -0.25) is 20.4 Å². The van der Waals surface area contributed by atoms with Gasteiger partial charge in [-0.2, -0.15) is 0 Å². The first-order valence-corrected chi connectivity index (χ1v) is 9.37. The first kappa shape index (κ1) is 18.4. The molecule has 0 fully saturated rings. The molecule has 0 atom stereocenters. The van der Waals surface area contributed by atoms with Crippen molar-refractivity contribution in [1.29, 1.82) is 0 Å². The van der Waals surface area contributed by atoms with Crippen LogP contribution in [0.2, 0.25) is 5.02 Å². The van der Waals surface area contributed by atoms with Crippen LogP contribution >= 0.6 is 23.4 Å². The van der Waals surface area contributed by atoms with Crippen molar-refractivity contribution < 1.29 is 14.0 Å². The number of aryl methyl sites for hydroxylation is 1. The normalized spacial score (nSPS) is 10.7. The molecule has 0 saturated heterocycles. The number of hydrogen-bond acceptors (Lipinski definition) is 4. The fraction of sp³-hybridized carbons (Fsp3) is 0.158. The zero-order valence-corrected chi connectivity index (χ0v) is 15.6.